The number of halogens is 2. The van der Waals surface area contributed by atoms with E-state index in [4.69, 9.17) is 35.4 Å². The minimum Gasteiger partial charge on any atom is -0.465 e. The van der Waals surface area contributed by atoms with E-state index in [9.17, 15) is 4.79 Å². The molecule has 114 valence electrons. The van der Waals surface area contributed by atoms with Gasteiger partial charge in [-0.1, -0.05) is 23.2 Å². The van der Waals surface area contributed by atoms with Gasteiger partial charge < -0.3 is 15.4 Å². The number of anilines is 2. The van der Waals surface area contributed by atoms with Gasteiger partial charge in [-0.25, -0.2) is 4.79 Å². The Morgan fingerprint density at radius 2 is 1.77 bits per heavy atom. The normalized spacial score (nSPS) is 9.95. The Morgan fingerprint density at radius 1 is 1.09 bits per heavy atom. The number of hydrogen-bond donors (Lipinski definition) is 2. The maximum Gasteiger partial charge on any atom is 0.337 e. The maximum absolute atomic E-state index is 11.5. The summed E-state index contributed by atoms with van der Waals surface area (Å²) in [7, 11) is 1.32. The van der Waals surface area contributed by atoms with Crippen LogP contribution in [0.4, 0.5) is 11.4 Å². The van der Waals surface area contributed by atoms with Gasteiger partial charge in [0.1, 0.15) is 0 Å². The molecule has 2 rings (SSSR count). The van der Waals surface area contributed by atoms with Crippen LogP contribution in [0.3, 0.4) is 0 Å². The van der Waals surface area contributed by atoms with Gasteiger partial charge in [0.25, 0.3) is 0 Å². The van der Waals surface area contributed by atoms with E-state index in [1.54, 1.807) is 42.5 Å². The Bertz CT molecular complexity index is 705. The van der Waals surface area contributed by atoms with Gasteiger partial charge in [0.2, 0.25) is 0 Å². The van der Waals surface area contributed by atoms with Gasteiger partial charge in [-0.15, -0.1) is 0 Å². The fourth-order valence-corrected chi connectivity index (χ4v) is 2.20. The molecule has 4 nitrogen and oxygen atoms in total. The lowest BCUT2D eigenvalue weighted by Gasteiger charge is -2.12. The molecule has 22 heavy (non-hydrogen) atoms. The van der Waals surface area contributed by atoms with Crippen molar-refractivity contribution in [2.45, 2.75) is 0 Å². The number of thiocarbonyl (C=S) groups is 1. The highest BCUT2D eigenvalue weighted by molar-refractivity contribution is 7.80. The molecule has 0 heterocycles. The smallest absolute Gasteiger partial charge is 0.337 e. The second kappa shape index (κ2) is 7.45. The molecular weight excluding hydrogens is 343 g/mol. The lowest BCUT2D eigenvalue weighted by Crippen LogP contribution is -2.19. The van der Waals surface area contributed by atoms with E-state index in [-0.39, 0.29) is 0 Å². The SMILES string of the molecule is COC(=O)c1ccc(Cl)c(NC(=S)Nc2ccc(Cl)cc2)c1. The van der Waals surface area contributed by atoms with Crippen molar-refractivity contribution in [2.24, 2.45) is 0 Å². The number of nitrogens with one attached hydrogen (secondary N) is 2. The number of carbonyl (C=O) groups excluding carboxylic acids is 1. The number of carbonyl (C=O) groups is 1. The molecule has 0 aliphatic rings. The second-order valence-electron chi connectivity index (χ2n) is 4.27. The van der Waals surface area contributed by atoms with Crippen LogP contribution in [-0.2, 0) is 4.74 Å². The van der Waals surface area contributed by atoms with Crippen LogP contribution in [0.15, 0.2) is 42.5 Å². The van der Waals surface area contributed by atoms with Crippen LogP contribution >= 0.6 is 35.4 Å². The molecule has 0 spiro atoms. The summed E-state index contributed by atoms with van der Waals surface area (Å²) in [6, 6.07) is 11.8. The summed E-state index contributed by atoms with van der Waals surface area (Å²) in [4.78, 5) is 11.5. The van der Waals surface area contributed by atoms with Gasteiger partial charge in [0.15, 0.2) is 5.11 Å². The minimum absolute atomic E-state index is 0.339. The molecule has 0 aliphatic heterocycles. The van der Waals surface area contributed by atoms with Crippen LogP contribution in [-0.4, -0.2) is 18.2 Å². The molecule has 7 heteroatoms. The van der Waals surface area contributed by atoms with Gasteiger partial charge in [-0.05, 0) is 54.7 Å². The van der Waals surface area contributed by atoms with Crippen molar-refractivity contribution in [2.75, 3.05) is 17.7 Å². The van der Waals surface area contributed by atoms with E-state index in [1.165, 1.54) is 7.11 Å². The number of benzene rings is 2. The molecule has 0 atom stereocenters. The number of hydrogen-bond acceptors (Lipinski definition) is 3. The first-order chi connectivity index (χ1) is 10.5. The van der Waals surface area contributed by atoms with Crippen molar-refractivity contribution < 1.29 is 9.53 Å². The van der Waals surface area contributed by atoms with E-state index in [1.807, 2.05) is 0 Å². The lowest BCUT2D eigenvalue weighted by molar-refractivity contribution is 0.0601. The zero-order chi connectivity index (χ0) is 16.1. The second-order valence-corrected chi connectivity index (χ2v) is 5.52. The highest BCUT2D eigenvalue weighted by atomic mass is 35.5. The summed E-state index contributed by atoms with van der Waals surface area (Å²) in [5.41, 5.74) is 1.67. The van der Waals surface area contributed by atoms with Crippen LogP contribution in [0.2, 0.25) is 10.0 Å². The first-order valence-corrected chi connectivity index (χ1v) is 7.37. The summed E-state index contributed by atoms with van der Waals surface area (Å²) < 4.78 is 4.67. The average Bonchev–Trinajstić information content (AvgIpc) is 2.51. The Kier molecular flexibility index (Phi) is 5.60. The first-order valence-electron chi connectivity index (χ1n) is 6.21. The summed E-state index contributed by atoms with van der Waals surface area (Å²) in [5.74, 6) is -0.448. The third-order valence-corrected chi connectivity index (χ3v) is 3.52. The molecule has 0 amide bonds. The van der Waals surface area contributed by atoms with Crippen molar-refractivity contribution >= 4 is 57.9 Å². The predicted octanol–water partition coefficient (Wildman–Crippen LogP) is 4.59. The van der Waals surface area contributed by atoms with Crippen LogP contribution in [0.5, 0.6) is 0 Å². The van der Waals surface area contributed by atoms with Crippen LogP contribution in [0.25, 0.3) is 0 Å². The Morgan fingerprint density at radius 3 is 2.41 bits per heavy atom. The zero-order valence-electron chi connectivity index (χ0n) is 11.5. The van der Waals surface area contributed by atoms with Crippen molar-refractivity contribution in [1.82, 2.24) is 0 Å². The molecule has 2 aromatic rings. The standard InChI is InChI=1S/C15H12Cl2N2O2S/c1-21-14(20)9-2-7-12(17)13(8-9)19-15(22)18-11-5-3-10(16)4-6-11/h2-8H,1H3,(H2,18,19,22). The predicted molar refractivity (Wildman–Crippen MR) is 94.1 cm³/mol. The maximum atomic E-state index is 11.5. The molecule has 0 aliphatic carbocycles. The van der Waals surface area contributed by atoms with Gasteiger partial charge in [0.05, 0.1) is 23.4 Å². The monoisotopic (exact) mass is 354 g/mol. The quantitative estimate of drug-likeness (QED) is 0.623. The van der Waals surface area contributed by atoms with Crippen molar-refractivity contribution in [3.63, 3.8) is 0 Å². The molecular formula is C15H12Cl2N2O2S. The van der Waals surface area contributed by atoms with Crippen molar-refractivity contribution in [3.05, 3.63) is 58.1 Å². The van der Waals surface area contributed by atoms with Gasteiger partial charge in [-0.3, -0.25) is 0 Å². The molecule has 2 N–H and O–H groups in total. The summed E-state index contributed by atoms with van der Waals surface area (Å²) in [6.07, 6.45) is 0. The van der Waals surface area contributed by atoms with Gasteiger partial charge in [-0.2, -0.15) is 0 Å². The van der Waals surface area contributed by atoms with Crippen LogP contribution in [0, 0.1) is 0 Å². The summed E-state index contributed by atoms with van der Waals surface area (Å²) >= 11 is 17.1. The zero-order valence-corrected chi connectivity index (χ0v) is 13.9. The van der Waals surface area contributed by atoms with E-state index in [0.717, 1.165) is 5.69 Å². The fraction of sp³-hybridized carbons (Fsp3) is 0.0667. The first kappa shape index (κ1) is 16.5. The van der Waals surface area contributed by atoms with Crippen molar-refractivity contribution in [1.29, 1.82) is 0 Å². The highest BCUT2D eigenvalue weighted by Gasteiger charge is 2.10. The highest BCUT2D eigenvalue weighted by Crippen LogP contribution is 2.24. The molecule has 0 unspecified atom stereocenters. The minimum atomic E-state index is -0.448. The molecule has 0 aromatic heterocycles. The number of rotatable bonds is 3. The lowest BCUT2D eigenvalue weighted by atomic mass is 10.2. The fourth-order valence-electron chi connectivity index (χ4n) is 1.68. The summed E-state index contributed by atoms with van der Waals surface area (Å²) in [6.45, 7) is 0. The summed E-state index contributed by atoms with van der Waals surface area (Å²) in [5, 5.41) is 7.35. The van der Waals surface area contributed by atoms with Crippen molar-refractivity contribution in [3.8, 4) is 0 Å². The van der Waals surface area contributed by atoms with Gasteiger partial charge in [0, 0.05) is 10.7 Å². The van der Waals surface area contributed by atoms with Crippen LogP contribution < -0.4 is 10.6 Å². The van der Waals surface area contributed by atoms with E-state index < -0.39 is 5.97 Å². The van der Waals surface area contributed by atoms with E-state index in [0.29, 0.717) is 26.4 Å². The molecule has 0 radical (unpaired) electrons. The van der Waals surface area contributed by atoms with Crippen LogP contribution in [0.1, 0.15) is 10.4 Å². The van der Waals surface area contributed by atoms with E-state index >= 15 is 0 Å². The molecule has 0 bridgehead atoms. The Labute approximate surface area is 143 Å². The Balaban J connectivity index is 2.10. The van der Waals surface area contributed by atoms with E-state index in [2.05, 4.69) is 15.4 Å². The molecule has 0 fully saturated rings. The average molecular weight is 355 g/mol. The number of methoxy groups -OCH3 is 1. The number of esters is 1. The Hall–Kier alpha value is -1.82. The third kappa shape index (κ3) is 4.34. The van der Waals surface area contributed by atoms with Gasteiger partial charge >= 0.3 is 5.97 Å². The topological polar surface area (TPSA) is 50.4 Å². The number of ether oxygens (including phenoxy) is 1. The largest absolute Gasteiger partial charge is 0.465 e. The molecule has 2 aromatic carbocycles. The molecule has 0 saturated heterocycles. The molecule has 0 saturated carbocycles. The third-order valence-electron chi connectivity index (χ3n) is 2.74.